The number of nitrogen functional groups attached to an aromatic ring is 1. The number of rotatable bonds is 2. The summed E-state index contributed by atoms with van der Waals surface area (Å²) in [5.41, 5.74) is 7.69. The van der Waals surface area contributed by atoms with Crippen LogP contribution in [0.1, 0.15) is 0 Å². The van der Waals surface area contributed by atoms with E-state index in [1.807, 2.05) is 54.6 Å². The predicted molar refractivity (Wildman–Crippen MR) is 73.7 cm³/mol. The first kappa shape index (κ1) is 13.1. The van der Waals surface area contributed by atoms with Crippen LogP contribution in [0, 0.1) is 0 Å². The number of hydrogen-bond donors (Lipinski definition) is 2. The molecule has 0 saturated heterocycles. The minimum Gasteiger partial charge on any atom is -1.00 e. The SMILES string of the molecule is Nc1nc(Nc2ccccc2)nc2ccccc12.[Cl-]. The van der Waals surface area contributed by atoms with E-state index in [0.29, 0.717) is 11.8 Å². The quantitative estimate of drug-likeness (QED) is 0.687. The topological polar surface area (TPSA) is 63.8 Å². The molecule has 0 radical (unpaired) electrons. The number of fused-ring (bicyclic) bond motifs is 1. The van der Waals surface area contributed by atoms with Crippen molar-refractivity contribution in [1.29, 1.82) is 0 Å². The van der Waals surface area contributed by atoms with Crippen LogP contribution in [-0.4, -0.2) is 9.97 Å². The third kappa shape index (κ3) is 2.74. The van der Waals surface area contributed by atoms with Gasteiger partial charge in [0.05, 0.1) is 5.52 Å². The molecule has 19 heavy (non-hydrogen) atoms. The maximum atomic E-state index is 5.92. The molecule has 0 fully saturated rings. The zero-order valence-electron chi connectivity index (χ0n) is 10.0. The molecule has 5 heteroatoms. The highest BCUT2D eigenvalue weighted by Crippen LogP contribution is 2.20. The maximum absolute atomic E-state index is 5.92. The van der Waals surface area contributed by atoms with Gasteiger partial charge in [-0.15, -0.1) is 0 Å². The summed E-state index contributed by atoms with van der Waals surface area (Å²) in [6.07, 6.45) is 0. The lowest BCUT2D eigenvalue weighted by molar-refractivity contribution is -0.00000375. The Morgan fingerprint density at radius 1 is 0.842 bits per heavy atom. The van der Waals surface area contributed by atoms with Gasteiger partial charge < -0.3 is 23.5 Å². The second kappa shape index (κ2) is 5.54. The number of nitrogens with zero attached hydrogens (tertiary/aromatic N) is 2. The Balaban J connectivity index is 0.00000133. The Morgan fingerprint density at radius 3 is 2.32 bits per heavy atom. The molecule has 0 aliphatic heterocycles. The van der Waals surface area contributed by atoms with E-state index in [1.165, 1.54) is 0 Å². The van der Waals surface area contributed by atoms with Crippen molar-refractivity contribution in [2.75, 3.05) is 11.1 Å². The van der Waals surface area contributed by atoms with E-state index in [4.69, 9.17) is 5.73 Å². The summed E-state index contributed by atoms with van der Waals surface area (Å²) < 4.78 is 0. The Bertz CT molecular complexity index is 685. The standard InChI is InChI=1S/C14H12N4.ClH/c15-13-11-8-4-5-9-12(11)17-14(18-13)16-10-6-2-1-3-7-10;/h1-9H,(H3,15,16,17,18);1H/p-1. The first-order valence-electron chi connectivity index (χ1n) is 5.67. The number of aromatic nitrogens is 2. The second-order valence-corrected chi connectivity index (χ2v) is 3.94. The van der Waals surface area contributed by atoms with Gasteiger partial charge in [0.25, 0.3) is 0 Å². The van der Waals surface area contributed by atoms with Gasteiger partial charge in [0.15, 0.2) is 0 Å². The van der Waals surface area contributed by atoms with Crippen LogP contribution in [0.25, 0.3) is 10.9 Å². The van der Waals surface area contributed by atoms with Crippen LogP contribution in [0.4, 0.5) is 17.5 Å². The average Bonchev–Trinajstić information content (AvgIpc) is 2.40. The highest BCUT2D eigenvalue weighted by molar-refractivity contribution is 5.89. The average molecular weight is 272 g/mol. The van der Waals surface area contributed by atoms with Crippen molar-refractivity contribution in [3.05, 3.63) is 54.6 Å². The summed E-state index contributed by atoms with van der Waals surface area (Å²) in [6, 6.07) is 17.5. The molecule has 0 spiro atoms. The van der Waals surface area contributed by atoms with Crippen LogP contribution in [0.15, 0.2) is 54.6 Å². The summed E-state index contributed by atoms with van der Waals surface area (Å²) in [7, 11) is 0. The predicted octanol–water partition coefficient (Wildman–Crippen LogP) is -0.0404. The fraction of sp³-hybridized carbons (Fsp3) is 0. The Hall–Kier alpha value is -2.33. The minimum absolute atomic E-state index is 0. The molecule has 1 heterocycles. The summed E-state index contributed by atoms with van der Waals surface area (Å²) in [5.74, 6) is 0.997. The molecule has 3 rings (SSSR count). The van der Waals surface area contributed by atoms with Gasteiger partial charge in [0.2, 0.25) is 5.95 Å². The molecule has 4 nitrogen and oxygen atoms in total. The first-order chi connectivity index (χ1) is 8.83. The van der Waals surface area contributed by atoms with Crippen molar-refractivity contribution in [2.45, 2.75) is 0 Å². The highest BCUT2D eigenvalue weighted by atomic mass is 35.5. The van der Waals surface area contributed by atoms with Gasteiger partial charge in [-0.05, 0) is 24.3 Å². The molecule has 0 unspecified atom stereocenters. The van der Waals surface area contributed by atoms with Crippen LogP contribution in [-0.2, 0) is 0 Å². The Morgan fingerprint density at radius 2 is 1.53 bits per heavy atom. The lowest BCUT2D eigenvalue weighted by atomic mass is 10.2. The third-order valence-electron chi connectivity index (χ3n) is 2.66. The summed E-state index contributed by atoms with van der Waals surface area (Å²) in [5, 5.41) is 4.01. The molecule has 3 aromatic rings. The lowest BCUT2D eigenvalue weighted by Gasteiger charge is -2.07. The van der Waals surface area contributed by atoms with E-state index in [2.05, 4.69) is 15.3 Å². The second-order valence-electron chi connectivity index (χ2n) is 3.94. The van der Waals surface area contributed by atoms with E-state index in [1.54, 1.807) is 0 Å². The number of benzene rings is 2. The Labute approximate surface area is 117 Å². The molecule has 3 N–H and O–H groups in total. The summed E-state index contributed by atoms with van der Waals surface area (Å²) in [4.78, 5) is 8.68. The highest BCUT2D eigenvalue weighted by Gasteiger charge is 2.04. The number of anilines is 3. The van der Waals surface area contributed by atoms with Crippen LogP contribution in [0.5, 0.6) is 0 Å². The molecule has 96 valence electrons. The van der Waals surface area contributed by atoms with Gasteiger partial charge >= 0.3 is 0 Å². The van der Waals surface area contributed by atoms with Crippen LogP contribution in [0.2, 0.25) is 0 Å². The monoisotopic (exact) mass is 271 g/mol. The van der Waals surface area contributed by atoms with Crippen molar-refractivity contribution in [1.82, 2.24) is 9.97 Å². The zero-order valence-corrected chi connectivity index (χ0v) is 10.8. The Kier molecular flexibility index (Phi) is 3.82. The summed E-state index contributed by atoms with van der Waals surface area (Å²) >= 11 is 0. The molecule has 2 aromatic carbocycles. The smallest absolute Gasteiger partial charge is 0.229 e. The van der Waals surface area contributed by atoms with Gasteiger partial charge in [-0.25, -0.2) is 4.98 Å². The van der Waals surface area contributed by atoms with Crippen LogP contribution < -0.4 is 23.5 Å². The molecule has 0 bridgehead atoms. The fourth-order valence-electron chi connectivity index (χ4n) is 1.81. The maximum Gasteiger partial charge on any atom is 0.229 e. The van der Waals surface area contributed by atoms with Crippen molar-refractivity contribution in [3.8, 4) is 0 Å². The van der Waals surface area contributed by atoms with E-state index in [9.17, 15) is 0 Å². The largest absolute Gasteiger partial charge is 1.00 e. The van der Waals surface area contributed by atoms with Crippen molar-refractivity contribution >= 4 is 28.4 Å². The van der Waals surface area contributed by atoms with Gasteiger partial charge in [-0.2, -0.15) is 4.98 Å². The number of hydrogen-bond acceptors (Lipinski definition) is 4. The molecular formula is C14H12ClN4-. The third-order valence-corrected chi connectivity index (χ3v) is 2.66. The summed E-state index contributed by atoms with van der Waals surface area (Å²) in [6.45, 7) is 0. The molecule has 0 amide bonds. The molecule has 0 aliphatic rings. The van der Waals surface area contributed by atoms with Gasteiger partial charge in [0.1, 0.15) is 5.82 Å². The van der Waals surface area contributed by atoms with Crippen LogP contribution >= 0.6 is 0 Å². The van der Waals surface area contributed by atoms with Crippen molar-refractivity contribution in [2.24, 2.45) is 0 Å². The molecular weight excluding hydrogens is 260 g/mol. The van der Waals surface area contributed by atoms with Crippen molar-refractivity contribution in [3.63, 3.8) is 0 Å². The van der Waals surface area contributed by atoms with Gasteiger partial charge in [-0.3, -0.25) is 0 Å². The normalized spacial score (nSPS) is 9.89. The molecule has 0 saturated carbocycles. The zero-order chi connectivity index (χ0) is 12.4. The number of halogens is 1. The number of para-hydroxylation sites is 2. The van der Waals surface area contributed by atoms with E-state index >= 15 is 0 Å². The number of nitrogens with one attached hydrogen (secondary N) is 1. The van der Waals surface area contributed by atoms with E-state index < -0.39 is 0 Å². The molecule has 1 aromatic heterocycles. The minimum atomic E-state index is 0. The van der Waals surface area contributed by atoms with Crippen molar-refractivity contribution < 1.29 is 12.4 Å². The lowest BCUT2D eigenvalue weighted by Crippen LogP contribution is -3.00. The number of nitrogens with two attached hydrogens (primary N) is 1. The fourth-order valence-corrected chi connectivity index (χ4v) is 1.81. The molecule has 0 atom stereocenters. The van der Waals surface area contributed by atoms with Crippen LogP contribution in [0.3, 0.4) is 0 Å². The first-order valence-corrected chi connectivity index (χ1v) is 5.67. The van der Waals surface area contributed by atoms with E-state index in [0.717, 1.165) is 16.6 Å². The van der Waals surface area contributed by atoms with E-state index in [-0.39, 0.29) is 12.4 Å². The molecule has 0 aliphatic carbocycles. The van der Waals surface area contributed by atoms with Gasteiger partial charge in [-0.1, -0.05) is 30.3 Å². The van der Waals surface area contributed by atoms with Gasteiger partial charge in [0, 0.05) is 11.1 Å².